The van der Waals surface area contributed by atoms with E-state index in [2.05, 4.69) is 16.6 Å². The number of rotatable bonds is 7. The average Bonchev–Trinajstić information content (AvgIpc) is 2.34. The Bertz CT molecular complexity index is 358. The summed E-state index contributed by atoms with van der Waals surface area (Å²) in [4.78, 5) is 2.77. The molecule has 1 rings (SSSR count). The van der Waals surface area contributed by atoms with Gasteiger partial charge >= 0.3 is 0 Å². The fraction of sp³-hybridized carbons (Fsp3) is 0.333. The lowest BCUT2D eigenvalue weighted by molar-refractivity contribution is 0.0735. The van der Waals surface area contributed by atoms with Gasteiger partial charge in [-0.3, -0.25) is 0 Å². The van der Waals surface area contributed by atoms with Crippen LogP contribution in [0.1, 0.15) is 12.0 Å². The third kappa shape index (κ3) is 4.64. The summed E-state index contributed by atoms with van der Waals surface area (Å²) in [5.41, 5.74) is 9.60. The molecule has 0 aliphatic heterocycles. The van der Waals surface area contributed by atoms with Crippen LogP contribution in [0.3, 0.4) is 0 Å². The maximum atomic E-state index is 8.39. The van der Waals surface area contributed by atoms with Crippen LogP contribution in [0.15, 0.2) is 48.1 Å². The Hall–Kier alpha value is -1.77. The van der Waals surface area contributed by atoms with Gasteiger partial charge < -0.3 is 4.74 Å². The second-order valence-corrected chi connectivity index (χ2v) is 3.31. The Morgan fingerprint density at radius 2 is 2.19 bits per heavy atom. The Kier molecular flexibility index (Phi) is 5.78. The number of nitrogens with zero attached hydrogens (tertiary/aromatic N) is 3. The molecular weight excluding hydrogens is 202 g/mol. The Morgan fingerprint density at radius 3 is 2.81 bits per heavy atom. The van der Waals surface area contributed by atoms with E-state index in [1.165, 1.54) is 5.56 Å². The smallest absolute Gasteiger partial charge is 0.137 e. The zero-order valence-corrected chi connectivity index (χ0v) is 9.12. The molecule has 0 spiro atoms. The van der Waals surface area contributed by atoms with Gasteiger partial charge in [0.2, 0.25) is 0 Å². The van der Waals surface area contributed by atoms with E-state index in [9.17, 15) is 0 Å². The third-order valence-corrected chi connectivity index (χ3v) is 2.11. The predicted molar refractivity (Wildman–Crippen MR) is 63.8 cm³/mol. The first-order valence-corrected chi connectivity index (χ1v) is 5.17. The van der Waals surface area contributed by atoms with Gasteiger partial charge in [0.25, 0.3) is 0 Å². The van der Waals surface area contributed by atoms with Crippen molar-refractivity contribution >= 4 is 0 Å². The normalized spacial score (nSPS) is 11.5. The lowest BCUT2D eigenvalue weighted by Crippen LogP contribution is -2.10. The number of azide groups is 1. The van der Waals surface area contributed by atoms with Crippen molar-refractivity contribution in [3.05, 3.63) is 59.0 Å². The van der Waals surface area contributed by atoms with Crippen molar-refractivity contribution in [2.24, 2.45) is 5.11 Å². The molecule has 1 aromatic carbocycles. The van der Waals surface area contributed by atoms with E-state index in [0.717, 1.165) is 6.42 Å². The molecule has 0 amide bonds. The molecule has 4 heteroatoms. The highest BCUT2D eigenvalue weighted by Crippen LogP contribution is 2.08. The topological polar surface area (TPSA) is 58.0 Å². The van der Waals surface area contributed by atoms with E-state index in [0.29, 0.717) is 13.0 Å². The largest absolute Gasteiger partial charge is 0.368 e. The van der Waals surface area contributed by atoms with Crippen LogP contribution in [0.2, 0.25) is 0 Å². The molecule has 0 heterocycles. The standard InChI is InChI=1S/C12H15N3O/c1-2-10-16-12(14-15-13)9-8-11-6-4-3-5-7-11/h2-7,12H,1,8-10H2. The summed E-state index contributed by atoms with van der Waals surface area (Å²) in [5, 5.41) is 3.59. The van der Waals surface area contributed by atoms with Gasteiger partial charge in [0.1, 0.15) is 6.23 Å². The highest BCUT2D eigenvalue weighted by Gasteiger charge is 2.05. The molecule has 84 valence electrons. The van der Waals surface area contributed by atoms with Crippen LogP contribution in [-0.4, -0.2) is 12.8 Å². The number of benzene rings is 1. The van der Waals surface area contributed by atoms with Gasteiger partial charge in [-0.2, -0.15) is 0 Å². The van der Waals surface area contributed by atoms with Gasteiger partial charge in [0, 0.05) is 4.91 Å². The van der Waals surface area contributed by atoms with Crippen molar-refractivity contribution in [2.75, 3.05) is 6.61 Å². The molecule has 0 fully saturated rings. The third-order valence-electron chi connectivity index (χ3n) is 2.11. The van der Waals surface area contributed by atoms with E-state index in [-0.39, 0.29) is 0 Å². The zero-order valence-electron chi connectivity index (χ0n) is 9.12. The first-order chi connectivity index (χ1) is 7.86. The number of hydrogen-bond acceptors (Lipinski definition) is 2. The zero-order chi connectivity index (χ0) is 11.6. The van der Waals surface area contributed by atoms with Crippen molar-refractivity contribution in [1.82, 2.24) is 0 Å². The molecule has 1 atom stereocenters. The summed E-state index contributed by atoms with van der Waals surface area (Å²) < 4.78 is 5.31. The molecule has 0 saturated heterocycles. The molecule has 0 saturated carbocycles. The molecule has 0 bridgehead atoms. The maximum Gasteiger partial charge on any atom is 0.137 e. The first kappa shape index (κ1) is 12.3. The van der Waals surface area contributed by atoms with Crippen molar-refractivity contribution < 1.29 is 4.74 Å². The van der Waals surface area contributed by atoms with Gasteiger partial charge in [0.05, 0.1) is 6.61 Å². The fourth-order valence-corrected chi connectivity index (χ4v) is 1.35. The number of hydrogen-bond donors (Lipinski definition) is 0. The molecule has 0 aliphatic rings. The van der Waals surface area contributed by atoms with Gasteiger partial charge in [-0.25, -0.2) is 0 Å². The molecule has 16 heavy (non-hydrogen) atoms. The van der Waals surface area contributed by atoms with Gasteiger partial charge in [-0.1, -0.05) is 41.5 Å². The molecule has 1 aromatic rings. The van der Waals surface area contributed by atoms with E-state index in [1.807, 2.05) is 30.3 Å². The monoisotopic (exact) mass is 217 g/mol. The maximum absolute atomic E-state index is 8.39. The van der Waals surface area contributed by atoms with E-state index in [1.54, 1.807) is 6.08 Å². The lowest BCUT2D eigenvalue weighted by Gasteiger charge is -2.10. The minimum Gasteiger partial charge on any atom is -0.368 e. The molecule has 4 nitrogen and oxygen atoms in total. The average molecular weight is 217 g/mol. The number of aryl methyl sites for hydroxylation is 1. The van der Waals surface area contributed by atoms with E-state index < -0.39 is 6.23 Å². The van der Waals surface area contributed by atoms with Gasteiger partial charge in [0.15, 0.2) is 0 Å². The highest BCUT2D eigenvalue weighted by atomic mass is 16.5. The Labute approximate surface area is 95.2 Å². The summed E-state index contributed by atoms with van der Waals surface area (Å²) >= 11 is 0. The highest BCUT2D eigenvalue weighted by molar-refractivity contribution is 5.14. The molecular formula is C12H15N3O. The summed E-state index contributed by atoms with van der Waals surface area (Å²) in [6, 6.07) is 10.0. The van der Waals surface area contributed by atoms with Crippen LogP contribution < -0.4 is 0 Å². The molecule has 1 unspecified atom stereocenters. The van der Waals surface area contributed by atoms with Gasteiger partial charge in [-0.15, -0.1) is 6.58 Å². The van der Waals surface area contributed by atoms with Crippen LogP contribution in [0, 0.1) is 0 Å². The first-order valence-electron chi connectivity index (χ1n) is 5.17. The molecule has 0 aliphatic carbocycles. The van der Waals surface area contributed by atoms with Crippen molar-refractivity contribution in [3.63, 3.8) is 0 Å². The van der Waals surface area contributed by atoms with E-state index >= 15 is 0 Å². The lowest BCUT2D eigenvalue weighted by atomic mass is 10.1. The Balaban J connectivity index is 2.43. The van der Waals surface area contributed by atoms with E-state index in [4.69, 9.17) is 10.3 Å². The van der Waals surface area contributed by atoms with Crippen LogP contribution in [0.25, 0.3) is 10.4 Å². The number of ether oxygens (including phenoxy) is 1. The predicted octanol–water partition coefficient (Wildman–Crippen LogP) is 3.46. The van der Waals surface area contributed by atoms with Crippen molar-refractivity contribution in [3.8, 4) is 0 Å². The van der Waals surface area contributed by atoms with Gasteiger partial charge in [-0.05, 0) is 23.9 Å². The summed E-state index contributed by atoms with van der Waals surface area (Å²) in [6.07, 6.45) is 2.75. The molecule has 0 aromatic heterocycles. The summed E-state index contributed by atoms with van der Waals surface area (Å²) in [7, 11) is 0. The Morgan fingerprint density at radius 1 is 1.44 bits per heavy atom. The molecule has 0 radical (unpaired) electrons. The van der Waals surface area contributed by atoms with Crippen LogP contribution in [0.5, 0.6) is 0 Å². The quantitative estimate of drug-likeness (QED) is 0.298. The second-order valence-electron chi connectivity index (χ2n) is 3.31. The molecule has 0 N–H and O–H groups in total. The van der Waals surface area contributed by atoms with Crippen LogP contribution in [-0.2, 0) is 11.2 Å². The van der Waals surface area contributed by atoms with Crippen LogP contribution >= 0.6 is 0 Å². The minimum atomic E-state index is -0.414. The minimum absolute atomic E-state index is 0.401. The SMILES string of the molecule is C=CCOC(CCc1ccccc1)N=[N+]=[N-]. The summed E-state index contributed by atoms with van der Waals surface area (Å²) in [6.45, 7) is 3.95. The summed E-state index contributed by atoms with van der Waals surface area (Å²) in [5.74, 6) is 0. The van der Waals surface area contributed by atoms with Crippen LogP contribution in [0.4, 0.5) is 0 Å². The van der Waals surface area contributed by atoms with Crippen molar-refractivity contribution in [1.29, 1.82) is 0 Å². The second kappa shape index (κ2) is 7.51. The fourth-order valence-electron chi connectivity index (χ4n) is 1.35. The van der Waals surface area contributed by atoms with Crippen molar-refractivity contribution in [2.45, 2.75) is 19.1 Å².